The Bertz CT molecular complexity index is 753. The van der Waals surface area contributed by atoms with Gasteiger partial charge in [-0.25, -0.2) is 4.98 Å². The van der Waals surface area contributed by atoms with Crippen LogP contribution in [-0.4, -0.2) is 18.0 Å². The van der Waals surface area contributed by atoms with Gasteiger partial charge in [-0.2, -0.15) is 0 Å². The number of nitrogens with zero attached hydrogens (tertiary/aromatic N) is 1. The van der Waals surface area contributed by atoms with Crippen molar-refractivity contribution in [2.45, 2.75) is 51.5 Å². The molecular weight excluding hydrogens is 312 g/mol. The molecule has 0 aliphatic heterocycles. The number of methoxy groups -OCH3 is 1. The Morgan fingerprint density at radius 1 is 1.36 bits per heavy atom. The highest BCUT2D eigenvalue weighted by Gasteiger charge is 2.25. The lowest BCUT2D eigenvalue weighted by Crippen LogP contribution is -2.29. The van der Waals surface area contributed by atoms with E-state index in [-0.39, 0.29) is 11.8 Å². The Hall–Kier alpha value is -2.36. The minimum absolute atomic E-state index is 0.0481. The second-order valence-corrected chi connectivity index (χ2v) is 6.80. The number of benzene rings is 1. The van der Waals surface area contributed by atoms with Crippen LogP contribution < -0.4 is 10.1 Å². The van der Waals surface area contributed by atoms with Crippen LogP contribution in [0.2, 0.25) is 0 Å². The summed E-state index contributed by atoms with van der Waals surface area (Å²) >= 11 is 0. The van der Waals surface area contributed by atoms with Crippen LogP contribution in [0.25, 0.3) is 0 Å². The molecule has 1 N–H and O–H groups in total. The standard InChI is InChI=1S/C21H26N2O2/c1-4-19(16-7-5-6-14(2)10-16)20(24)22-13-18-11-17(15-8-9-15)12-23-21(18)25-3/h5-7,10-12,15,19H,4,8-9,13H2,1-3H3,(H,22,24)/t19-/m0/s1. The quantitative estimate of drug-likeness (QED) is 0.827. The Balaban J connectivity index is 1.71. The Morgan fingerprint density at radius 3 is 2.80 bits per heavy atom. The summed E-state index contributed by atoms with van der Waals surface area (Å²) in [5.41, 5.74) is 4.43. The molecule has 4 heteroatoms. The van der Waals surface area contributed by atoms with E-state index < -0.39 is 0 Å². The average Bonchev–Trinajstić information content (AvgIpc) is 3.45. The summed E-state index contributed by atoms with van der Waals surface area (Å²) in [6, 6.07) is 10.3. The lowest BCUT2D eigenvalue weighted by atomic mass is 9.94. The fourth-order valence-corrected chi connectivity index (χ4v) is 3.23. The van der Waals surface area contributed by atoms with Crippen LogP contribution in [0.5, 0.6) is 5.88 Å². The van der Waals surface area contributed by atoms with Crippen LogP contribution in [0.15, 0.2) is 36.5 Å². The minimum atomic E-state index is -0.134. The van der Waals surface area contributed by atoms with Crippen LogP contribution >= 0.6 is 0 Å². The molecule has 0 bridgehead atoms. The highest BCUT2D eigenvalue weighted by atomic mass is 16.5. The summed E-state index contributed by atoms with van der Waals surface area (Å²) in [5.74, 6) is 1.13. The number of amides is 1. The molecule has 1 aromatic carbocycles. The first kappa shape index (κ1) is 17.5. The van der Waals surface area contributed by atoms with Gasteiger partial charge in [-0.1, -0.05) is 36.8 Å². The van der Waals surface area contributed by atoms with Crippen molar-refractivity contribution in [3.05, 3.63) is 58.8 Å². The monoisotopic (exact) mass is 338 g/mol. The van der Waals surface area contributed by atoms with Gasteiger partial charge < -0.3 is 10.1 Å². The van der Waals surface area contributed by atoms with Crippen LogP contribution in [0.4, 0.5) is 0 Å². The first-order chi connectivity index (χ1) is 12.1. The molecule has 132 valence electrons. The topological polar surface area (TPSA) is 51.2 Å². The van der Waals surface area contributed by atoms with E-state index in [0.717, 1.165) is 17.5 Å². The highest BCUT2D eigenvalue weighted by Crippen LogP contribution is 2.40. The van der Waals surface area contributed by atoms with Gasteiger partial charge in [0.05, 0.1) is 13.0 Å². The van der Waals surface area contributed by atoms with Crippen molar-refractivity contribution in [3.8, 4) is 5.88 Å². The summed E-state index contributed by atoms with van der Waals surface area (Å²) in [7, 11) is 1.62. The molecule has 2 aromatic rings. The van der Waals surface area contributed by atoms with E-state index in [9.17, 15) is 4.79 Å². The molecule has 1 aliphatic carbocycles. The second-order valence-electron chi connectivity index (χ2n) is 6.80. The number of hydrogen-bond donors (Lipinski definition) is 1. The first-order valence-corrected chi connectivity index (χ1v) is 8.99. The summed E-state index contributed by atoms with van der Waals surface area (Å²) in [5, 5.41) is 3.07. The number of ether oxygens (including phenoxy) is 1. The van der Waals surface area contributed by atoms with Gasteiger partial charge in [-0.3, -0.25) is 4.79 Å². The Kier molecular flexibility index (Phi) is 5.37. The van der Waals surface area contributed by atoms with Crippen molar-refractivity contribution in [3.63, 3.8) is 0 Å². The highest BCUT2D eigenvalue weighted by molar-refractivity contribution is 5.83. The Morgan fingerprint density at radius 2 is 2.16 bits per heavy atom. The fourth-order valence-electron chi connectivity index (χ4n) is 3.23. The summed E-state index contributed by atoms with van der Waals surface area (Å²) < 4.78 is 5.36. The molecule has 1 amide bonds. The SMILES string of the molecule is CC[C@H](C(=O)NCc1cc(C2CC2)cnc1OC)c1cccc(C)c1. The number of aromatic nitrogens is 1. The molecular formula is C21H26N2O2. The third kappa shape index (κ3) is 4.19. The zero-order valence-corrected chi connectivity index (χ0v) is 15.2. The van der Waals surface area contributed by atoms with E-state index in [0.29, 0.717) is 18.3 Å². The molecule has 25 heavy (non-hydrogen) atoms. The van der Waals surface area contributed by atoms with Gasteiger partial charge in [-0.15, -0.1) is 0 Å². The molecule has 4 nitrogen and oxygen atoms in total. The van der Waals surface area contributed by atoms with E-state index >= 15 is 0 Å². The van der Waals surface area contributed by atoms with E-state index in [1.54, 1.807) is 7.11 Å². The van der Waals surface area contributed by atoms with Gasteiger partial charge in [0.25, 0.3) is 0 Å². The number of nitrogens with one attached hydrogen (secondary N) is 1. The molecule has 0 unspecified atom stereocenters. The fraction of sp³-hybridized carbons (Fsp3) is 0.429. The largest absolute Gasteiger partial charge is 0.481 e. The number of aryl methyl sites for hydroxylation is 1. The van der Waals surface area contributed by atoms with Gasteiger partial charge in [0.2, 0.25) is 11.8 Å². The molecule has 1 aromatic heterocycles. The van der Waals surface area contributed by atoms with E-state index in [1.165, 1.54) is 24.0 Å². The molecule has 0 radical (unpaired) electrons. The number of carbonyl (C=O) groups excluding carboxylic acids is 1. The predicted molar refractivity (Wildman–Crippen MR) is 98.8 cm³/mol. The molecule has 3 rings (SSSR count). The smallest absolute Gasteiger partial charge is 0.227 e. The van der Waals surface area contributed by atoms with Crippen molar-refractivity contribution in [1.29, 1.82) is 0 Å². The number of hydrogen-bond acceptors (Lipinski definition) is 3. The maximum Gasteiger partial charge on any atom is 0.227 e. The van der Waals surface area contributed by atoms with Crippen LogP contribution in [0.3, 0.4) is 0 Å². The number of rotatable bonds is 7. The summed E-state index contributed by atoms with van der Waals surface area (Å²) in [6.07, 6.45) is 5.12. The summed E-state index contributed by atoms with van der Waals surface area (Å²) in [6.45, 7) is 4.54. The molecule has 1 aliphatic rings. The van der Waals surface area contributed by atoms with Crippen molar-refractivity contribution in [2.75, 3.05) is 7.11 Å². The third-order valence-corrected chi connectivity index (χ3v) is 4.81. The lowest BCUT2D eigenvalue weighted by Gasteiger charge is -2.17. The van der Waals surface area contributed by atoms with Crippen molar-refractivity contribution in [1.82, 2.24) is 10.3 Å². The summed E-state index contributed by atoms with van der Waals surface area (Å²) in [4.78, 5) is 17.1. The molecule has 1 saturated carbocycles. The van der Waals surface area contributed by atoms with Gasteiger partial charge in [0.1, 0.15) is 0 Å². The predicted octanol–water partition coefficient (Wildman–Crippen LogP) is 4.09. The molecule has 0 spiro atoms. The van der Waals surface area contributed by atoms with E-state index in [4.69, 9.17) is 4.74 Å². The Labute approximate surface area is 149 Å². The molecule has 1 heterocycles. The maximum absolute atomic E-state index is 12.7. The molecule has 0 saturated heterocycles. The normalized spacial score (nSPS) is 14.8. The second kappa shape index (κ2) is 7.68. The zero-order chi connectivity index (χ0) is 17.8. The maximum atomic E-state index is 12.7. The van der Waals surface area contributed by atoms with Crippen molar-refractivity contribution >= 4 is 5.91 Å². The van der Waals surface area contributed by atoms with Gasteiger partial charge in [0.15, 0.2) is 0 Å². The first-order valence-electron chi connectivity index (χ1n) is 8.99. The number of pyridine rings is 1. The van der Waals surface area contributed by atoms with Gasteiger partial charge in [-0.05, 0) is 49.3 Å². The van der Waals surface area contributed by atoms with Crippen molar-refractivity contribution < 1.29 is 9.53 Å². The van der Waals surface area contributed by atoms with E-state index in [2.05, 4.69) is 22.4 Å². The van der Waals surface area contributed by atoms with Crippen LogP contribution in [0.1, 0.15) is 60.3 Å². The average molecular weight is 338 g/mol. The van der Waals surface area contributed by atoms with Crippen LogP contribution in [-0.2, 0) is 11.3 Å². The van der Waals surface area contributed by atoms with E-state index in [1.807, 2.05) is 38.2 Å². The number of carbonyl (C=O) groups is 1. The van der Waals surface area contributed by atoms with Crippen molar-refractivity contribution in [2.24, 2.45) is 0 Å². The van der Waals surface area contributed by atoms with Gasteiger partial charge in [0, 0.05) is 18.3 Å². The third-order valence-electron chi connectivity index (χ3n) is 4.81. The minimum Gasteiger partial charge on any atom is -0.481 e. The molecule has 1 atom stereocenters. The molecule has 1 fully saturated rings. The van der Waals surface area contributed by atoms with Crippen LogP contribution in [0, 0.1) is 6.92 Å². The zero-order valence-electron chi connectivity index (χ0n) is 15.2. The lowest BCUT2D eigenvalue weighted by molar-refractivity contribution is -0.122. The van der Waals surface area contributed by atoms with Gasteiger partial charge >= 0.3 is 0 Å².